The van der Waals surface area contributed by atoms with Crippen molar-refractivity contribution in [2.75, 3.05) is 0 Å². The molecule has 1 aromatic rings. The van der Waals surface area contributed by atoms with Gasteiger partial charge in [-0.3, -0.25) is 0 Å². The molecule has 1 atom stereocenters. The van der Waals surface area contributed by atoms with E-state index in [9.17, 15) is 13.5 Å². The maximum atomic E-state index is 12.1. The van der Waals surface area contributed by atoms with Crippen LogP contribution in [0.1, 0.15) is 26.5 Å². The van der Waals surface area contributed by atoms with Gasteiger partial charge in [0.1, 0.15) is 11.0 Å². The lowest BCUT2D eigenvalue weighted by atomic mass is 10.0. The fourth-order valence-corrected chi connectivity index (χ4v) is 2.76. The smallest absolute Gasteiger partial charge is 0.244 e. The van der Waals surface area contributed by atoms with E-state index in [0.29, 0.717) is 0 Å². The van der Waals surface area contributed by atoms with E-state index in [1.807, 2.05) is 0 Å². The molecule has 98 valence electrons. The maximum absolute atomic E-state index is 12.1. The fourth-order valence-electron chi connectivity index (χ4n) is 1.18. The second-order valence-corrected chi connectivity index (χ2v) is 6.12. The van der Waals surface area contributed by atoms with Crippen LogP contribution in [0, 0.1) is 11.3 Å². The molecular weight excluding hydrogens is 254 g/mol. The van der Waals surface area contributed by atoms with Gasteiger partial charge in [-0.25, -0.2) is 18.1 Å². The Morgan fingerprint density at radius 2 is 2.17 bits per heavy atom. The second-order valence-electron chi connectivity index (χ2n) is 4.47. The van der Waals surface area contributed by atoms with Crippen molar-refractivity contribution in [2.24, 2.45) is 0 Å². The summed E-state index contributed by atoms with van der Waals surface area (Å²) in [6, 6.07) is 4.46. The number of nitrogens with one attached hydrogen (secondary N) is 1. The average molecular weight is 269 g/mol. The number of rotatable bonds is 4. The van der Waals surface area contributed by atoms with E-state index in [0.717, 1.165) is 0 Å². The lowest BCUT2D eigenvalue weighted by molar-refractivity contribution is 0.111. The zero-order valence-electron chi connectivity index (χ0n) is 10.4. The van der Waals surface area contributed by atoms with Gasteiger partial charge in [0.25, 0.3) is 0 Å². The number of aliphatic hydroxyl groups is 1. The monoisotopic (exact) mass is 269 g/mol. The summed E-state index contributed by atoms with van der Waals surface area (Å²) < 4.78 is 26.6. The van der Waals surface area contributed by atoms with E-state index in [2.05, 4.69) is 9.71 Å². The Kier molecular flexibility index (Phi) is 4.06. The molecule has 0 aliphatic heterocycles. The lowest BCUT2D eigenvalue weighted by Gasteiger charge is -2.28. The van der Waals surface area contributed by atoms with Crippen LogP contribution in [0.4, 0.5) is 0 Å². The van der Waals surface area contributed by atoms with E-state index in [1.54, 1.807) is 19.9 Å². The van der Waals surface area contributed by atoms with E-state index in [4.69, 9.17) is 5.26 Å². The Morgan fingerprint density at radius 1 is 1.56 bits per heavy atom. The summed E-state index contributed by atoms with van der Waals surface area (Å²) in [6.07, 6.45) is 0.465. The van der Waals surface area contributed by atoms with Gasteiger partial charge < -0.3 is 5.11 Å². The minimum atomic E-state index is -3.90. The van der Waals surface area contributed by atoms with Crippen LogP contribution in [0.5, 0.6) is 0 Å². The van der Waals surface area contributed by atoms with Crippen molar-refractivity contribution in [3.8, 4) is 6.07 Å². The molecule has 0 bridgehead atoms. The number of pyridine rings is 1. The normalized spacial score (nSPS) is 13.9. The van der Waals surface area contributed by atoms with Crippen LogP contribution in [0.3, 0.4) is 0 Å². The van der Waals surface area contributed by atoms with Crippen molar-refractivity contribution in [1.29, 1.82) is 5.26 Å². The Hall–Kier alpha value is -1.49. The quantitative estimate of drug-likeness (QED) is 0.823. The number of hydrogen-bond donors (Lipinski definition) is 2. The molecule has 0 saturated carbocycles. The van der Waals surface area contributed by atoms with Crippen molar-refractivity contribution in [3.63, 3.8) is 0 Å². The predicted octanol–water partition coefficient (Wildman–Crippen LogP) is 0.391. The first-order valence-corrected chi connectivity index (χ1v) is 6.76. The number of aromatic nitrogens is 1. The van der Waals surface area contributed by atoms with E-state index in [-0.39, 0.29) is 10.6 Å². The van der Waals surface area contributed by atoms with Crippen LogP contribution < -0.4 is 4.72 Å². The van der Waals surface area contributed by atoms with Crippen molar-refractivity contribution < 1.29 is 13.5 Å². The third kappa shape index (κ3) is 3.04. The first-order valence-electron chi connectivity index (χ1n) is 5.28. The average Bonchev–Trinajstić information content (AvgIpc) is 2.27. The third-order valence-corrected chi connectivity index (χ3v) is 4.31. The highest BCUT2D eigenvalue weighted by Crippen LogP contribution is 2.17. The Morgan fingerprint density at radius 3 is 2.67 bits per heavy atom. The molecule has 0 aliphatic carbocycles. The summed E-state index contributed by atoms with van der Waals surface area (Å²) in [5, 5.41) is 18.3. The van der Waals surface area contributed by atoms with Crippen molar-refractivity contribution in [1.82, 2.24) is 9.71 Å². The van der Waals surface area contributed by atoms with Gasteiger partial charge in [-0.15, -0.1) is 0 Å². The SMILES string of the molecule is CC(O)C(C)(C)NS(=O)(=O)c1cccnc1C#N. The first kappa shape index (κ1) is 14.6. The molecule has 6 nitrogen and oxygen atoms in total. The van der Waals surface area contributed by atoms with Crippen LogP contribution in [0.15, 0.2) is 23.2 Å². The number of nitriles is 1. The summed E-state index contributed by atoms with van der Waals surface area (Å²) >= 11 is 0. The van der Waals surface area contributed by atoms with Crippen molar-refractivity contribution in [2.45, 2.75) is 37.3 Å². The molecule has 18 heavy (non-hydrogen) atoms. The van der Waals surface area contributed by atoms with E-state index in [1.165, 1.54) is 25.3 Å². The predicted molar refractivity (Wildman–Crippen MR) is 65.0 cm³/mol. The van der Waals surface area contributed by atoms with Gasteiger partial charge in [-0.05, 0) is 32.9 Å². The van der Waals surface area contributed by atoms with Gasteiger partial charge in [0.2, 0.25) is 10.0 Å². The number of nitrogens with zero attached hydrogens (tertiary/aromatic N) is 2. The molecule has 2 N–H and O–H groups in total. The topological polar surface area (TPSA) is 103 Å². The van der Waals surface area contributed by atoms with Crippen molar-refractivity contribution >= 4 is 10.0 Å². The molecule has 0 amide bonds. The van der Waals surface area contributed by atoms with Crippen LogP contribution >= 0.6 is 0 Å². The van der Waals surface area contributed by atoms with Gasteiger partial charge in [0.15, 0.2) is 5.69 Å². The largest absolute Gasteiger partial charge is 0.391 e. The highest BCUT2D eigenvalue weighted by molar-refractivity contribution is 7.89. The minimum Gasteiger partial charge on any atom is -0.391 e. The van der Waals surface area contributed by atoms with E-state index < -0.39 is 21.7 Å². The number of sulfonamides is 1. The molecule has 1 rings (SSSR count). The second kappa shape index (κ2) is 5.02. The number of hydrogen-bond acceptors (Lipinski definition) is 5. The van der Waals surface area contributed by atoms with Crippen LogP contribution in [-0.4, -0.2) is 30.2 Å². The van der Waals surface area contributed by atoms with Gasteiger partial charge >= 0.3 is 0 Å². The molecule has 0 fully saturated rings. The summed E-state index contributed by atoms with van der Waals surface area (Å²) in [7, 11) is -3.90. The number of aliphatic hydroxyl groups excluding tert-OH is 1. The van der Waals surface area contributed by atoms with Crippen LogP contribution in [-0.2, 0) is 10.0 Å². The zero-order valence-corrected chi connectivity index (χ0v) is 11.2. The third-order valence-electron chi connectivity index (χ3n) is 2.61. The summed E-state index contributed by atoms with van der Waals surface area (Å²) in [6.45, 7) is 4.59. The van der Waals surface area contributed by atoms with Crippen LogP contribution in [0.25, 0.3) is 0 Å². The van der Waals surface area contributed by atoms with E-state index >= 15 is 0 Å². The Labute approximate surface area is 106 Å². The van der Waals surface area contributed by atoms with Gasteiger partial charge in [-0.2, -0.15) is 5.26 Å². The molecule has 0 aliphatic rings. The molecule has 1 heterocycles. The van der Waals surface area contributed by atoms with Crippen molar-refractivity contribution in [3.05, 3.63) is 24.0 Å². The standard InChI is InChI=1S/C11H15N3O3S/c1-8(15)11(2,3)14-18(16,17)10-5-4-6-13-9(10)7-12/h4-6,8,14-15H,1-3H3. The molecular formula is C11H15N3O3S. The van der Waals surface area contributed by atoms with Crippen LogP contribution in [0.2, 0.25) is 0 Å². The summed E-state index contributed by atoms with van der Waals surface area (Å²) in [5.74, 6) is 0. The molecule has 0 spiro atoms. The van der Waals surface area contributed by atoms with Gasteiger partial charge in [0, 0.05) is 6.20 Å². The maximum Gasteiger partial charge on any atom is 0.244 e. The van der Waals surface area contributed by atoms with Gasteiger partial charge in [0.05, 0.1) is 11.6 Å². The highest BCUT2D eigenvalue weighted by Gasteiger charge is 2.31. The first-order chi connectivity index (χ1) is 8.20. The summed E-state index contributed by atoms with van der Waals surface area (Å²) in [4.78, 5) is 3.50. The lowest BCUT2D eigenvalue weighted by Crippen LogP contribution is -2.50. The molecule has 0 saturated heterocycles. The molecule has 0 radical (unpaired) electrons. The molecule has 7 heteroatoms. The minimum absolute atomic E-state index is 0.175. The Bertz CT molecular complexity index is 573. The Balaban J connectivity index is 3.21. The fraction of sp³-hybridized carbons (Fsp3) is 0.455. The zero-order chi connectivity index (χ0) is 14.0. The summed E-state index contributed by atoms with van der Waals surface area (Å²) in [5.41, 5.74) is -1.21. The molecule has 0 aromatic carbocycles. The molecule has 1 aromatic heterocycles. The highest BCUT2D eigenvalue weighted by atomic mass is 32.2. The van der Waals surface area contributed by atoms with Gasteiger partial charge in [-0.1, -0.05) is 0 Å². The molecule has 1 unspecified atom stereocenters.